The summed E-state index contributed by atoms with van der Waals surface area (Å²) in [4.78, 5) is 11.2. The van der Waals surface area contributed by atoms with Crippen LogP contribution in [-0.4, -0.2) is 35.8 Å². The van der Waals surface area contributed by atoms with Crippen LogP contribution in [-0.2, 0) is 0 Å². The van der Waals surface area contributed by atoms with Gasteiger partial charge in [0.05, 0.1) is 28.0 Å². The predicted octanol–water partition coefficient (Wildman–Crippen LogP) is 4.79. The molecule has 0 N–H and O–H groups in total. The van der Waals surface area contributed by atoms with Crippen molar-refractivity contribution >= 4 is 38.3 Å². The largest absolute Gasteiger partial charge is 0.494 e. The van der Waals surface area contributed by atoms with Crippen LogP contribution in [0, 0.1) is 0 Å². The van der Waals surface area contributed by atoms with E-state index in [4.69, 9.17) is 26.1 Å². The fraction of sp³-hybridized carbons (Fsp3) is 0.368. The van der Waals surface area contributed by atoms with Crippen molar-refractivity contribution in [2.45, 2.75) is 25.9 Å². The molecule has 0 unspecified atom stereocenters. The maximum absolute atomic E-state index is 6.01. The standard InChI is InChI=1S/C19H20ClN3O2S/c1-2-24-15-3-4-17-18(10-15)26-19(22-17)23-7-5-14(6-8-23)25-16-9-13(20)11-21-12-16/h3-4,9-12,14H,2,5-8H2,1H3. The minimum atomic E-state index is 0.186. The number of hydrogen-bond acceptors (Lipinski definition) is 6. The molecule has 4 rings (SSSR count). The Labute approximate surface area is 161 Å². The van der Waals surface area contributed by atoms with Gasteiger partial charge in [-0.25, -0.2) is 4.98 Å². The molecule has 0 atom stereocenters. The molecular weight excluding hydrogens is 370 g/mol. The summed E-state index contributed by atoms with van der Waals surface area (Å²) in [5.41, 5.74) is 1.02. The molecule has 1 saturated heterocycles. The van der Waals surface area contributed by atoms with Crippen LogP contribution < -0.4 is 14.4 Å². The van der Waals surface area contributed by atoms with Crippen LogP contribution >= 0.6 is 22.9 Å². The number of aromatic nitrogens is 2. The van der Waals surface area contributed by atoms with Gasteiger partial charge in [0.15, 0.2) is 5.13 Å². The van der Waals surface area contributed by atoms with Gasteiger partial charge in [0, 0.05) is 38.2 Å². The molecule has 0 radical (unpaired) electrons. The van der Waals surface area contributed by atoms with Crippen LogP contribution in [0.5, 0.6) is 11.5 Å². The maximum atomic E-state index is 6.01. The molecule has 0 spiro atoms. The van der Waals surface area contributed by atoms with Crippen LogP contribution in [0.2, 0.25) is 5.02 Å². The molecule has 2 aromatic heterocycles. The maximum Gasteiger partial charge on any atom is 0.186 e. The molecule has 3 aromatic rings. The summed E-state index contributed by atoms with van der Waals surface area (Å²) in [6, 6.07) is 7.89. The summed E-state index contributed by atoms with van der Waals surface area (Å²) in [6.07, 6.45) is 5.41. The Morgan fingerprint density at radius 1 is 1.19 bits per heavy atom. The highest BCUT2D eigenvalue weighted by atomic mass is 35.5. The Morgan fingerprint density at radius 2 is 2.04 bits per heavy atom. The molecule has 26 heavy (non-hydrogen) atoms. The van der Waals surface area contributed by atoms with Crippen LogP contribution in [0.15, 0.2) is 36.7 Å². The second kappa shape index (κ2) is 7.68. The lowest BCUT2D eigenvalue weighted by molar-refractivity contribution is 0.170. The van der Waals surface area contributed by atoms with E-state index in [-0.39, 0.29) is 6.10 Å². The number of rotatable bonds is 5. The Balaban J connectivity index is 1.40. The van der Waals surface area contributed by atoms with Gasteiger partial charge in [-0.15, -0.1) is 0 Å². The van der Waals surface area contributed by atoms with Gasteiger partial charge in [-0.05, 0) is 25.1 Å². The molecular formula is C19H20ClN3O2S. The highest BCUT2D eigenvalue weighted by Crippen LogP contribution is 2.33. The van der Waals surface area contributed by atoms with E-state index in [1.54, 1.807) is 23.7 Å². The van der Waals surface area contributed by atoms with E-state index in [0.29, 0.717) is 11.6 Å². The number of ether oxygens (including phenoxy) is 2. The topological polar surface area (TPSA) is 47.5 Å². The fourth-order valence-electron chi connectivity index (χ4n) is 3.10. The van der Waals surface area contributed by atoms with Gasteiger partial charge in [0.25, 0.3) is 0 Å². The molecule has 7 heteroatoms. The first-order valence-electron chi connectivity index (χ1n) is 8.77. The lowest BCUT2D eigenvalue weighted by Crippen LogP contribution is -2.38. The van der Waals surface area contributed by atoms with Crippen molar-refractivity contribution in [1.29, 1.82) is 0 Å². The SMILES string of the molecule is CCOc1ccc2nc(N3CCC(Oc4cncc(Cl)c4)CC3)sc2c1. The number of thiazole rings is 1. The highest BCUT2D eigenvalue weighted by Gasteiger charge is 2.23. The molecule has 1 fully saturated rings. The molecule has 1 aliphatic rings. The summed E-state index contributed by atoms with van der Waals surface area (Å²) in [7, 11) is 0. The highest BCUT2D eigenvalue weighted by molar-refractivity contribution is 7.22. The van der Waals surface area contributed by atoms with Crippen molar-refractivity contribution < 1.29 is 9.47 Å². The average molecular weight is 390 g/mol. The number of anilines is 1. The number of hydrogen-bond donors (Lipinski definition) is 0. The zero-order valence-corrected chi connectivity index (χ0v) is 16.1. The smallest absolute Gasteiger partial charge is 0.186 e. The average Bonchev–Trinajstić information content (AvgIpc) is 3.06. The van der Waals surface area contributed by atoms with Gasteiger partial charge in [-0.3, -0.25) is 4.98 Å². The lowest BCUT2D eigenvalue weighted by Gasteiger charge is -2.31. The molecule has 5 nitrogen and oxygen atoms in total. The fourth-order valence-corrected chi connectivity index (χ4v) is 4.31. The minimum absolute atomic E-state index is 0.186. The Kier molecular flexibility index (Phi) is 5.13. The Bertz CT molecular complexity index is 893. The van der Waals surface area contributed by atoms with Crippen molar-refractivity contribution in [3.05, 3.63) is 41.7 Å². The Morgan fingerprint density at radius 3 is 2.81 bits per heavy atom. The van der Waals surface area contributed by atoms with E-state index in [2.05, 4.69) is 16.0 Å². The van der Waals surface area contributed by atoms with Gasteiger partial charge < -0.3 is 14.4 Å². The number of pyridine rings is 1. The second-order valence-electron chi connectivity index (χ2n) is 6.20. The van der Waals surface area contributed by atoms with Crippen molar-refractivity contribution in [3.8, 4) is 11.5 Å². The summed E-state index contributed by atoms with van der Waals surface area (Å²) in [5.74, 6) is 1.64. The number of piperidine rings is 1. The van der Waals surface area contributed by atoms with Crippen LogP contribution in [0.25, 0.3) is 10.2 Å². The number of halogens is 1. The van der Waals surface area contributed by atoms with Crippen molar-refractivity contribution in [2.75, 3.05) is 24.6 Å². The Hall–Kier alpha value is -2.05. The molecule has 136 valence electrons. The molecule has 0 saturated carbocycles. The van der Waals surface area contributed by atoms with Gasteiger partial charge in [-0.2, -0.15) is 0 Å². The van der Waals surface area contributed by atoms with Crippen LogP contribution in [0.3, 0.4) is 0 Å². The normalized spacial score (nSPS) is 15.4. The summed E-state index contributed by atoms with van der Waals surface area (Å²) in [6.45, 7) is 4.52. The van der Waals surface area contributed by atoms with Gasteiger partial charge in [0.2, 0.25) is 0 Å². The second-order valence-corrected chi connectivity index (χ2v) is 7.65. The summed E-state index contributed by atoms with van der Waals surface area (Å²) >= 11 is 7.69. The quantitative estimate of drug-likeness (QED) is 0.627. The van der Waals surface area contributed by atoms with Gasteiger partial charge in [0.1, 0.15) is 17.6 Å². The number of benzene rings is 1. The summed E-state index contributed by atoms with van der Waals surface area (Å²) < 4.78 is 12.8. The molecule has 0 bridgehead atoms. The van der Waals surface area contributed by atoms with Crippen molar-refractivity contribution in [1.82, 2.24) is 9.97 Å². The zero-order valence-electron chi connectivity index (χ0n) is 14.5. The molecule has 0 aliphatic carbocycles. The van der Waals surface area contributed by atoms with E-state index < -0.39 is 0 Å². The number of fused-ring (bicyclic) bond motifs is 1. The molecule has 1 aromatic carbocycles. The first kappa shape index (κ1) is 17.4. The molecule has 0 amide bonds. The van der Waals surface area contributed by atoms with E-state index in [1.165, 1.54) is 0 Å². The minimum Gasteiger partial charge on any atom is -0.494 e. The monoisotopic (exact) mass is 389 g/mol. The van der Waals surface area contributed by atoms with Crippen LogP contribution in [0.1, 0.15) is 19.8 Å². The van der Waals surface area contributed by atoms with Gasteiger partial charge >= 0.3 is 0 Å². The molecule has 3 heterocycles. The van der Waals surface area contributed by atoms with E-state index in [9.17, 15) is 0 Å². The van der Waals surface area contributed by atoms with Crippen molar-refractivity contribution in [2.24, 2.45) is 0 Å². The van der Waals surface area contributed by atoms with Crippen LogP contribution in [0.4, 0.5) is 5.13 Å². The van der Waals surface area contributed by atoms with Crippen molar-refractivity contribution in [3.63, 3.8) is 0 Å². The third-order valence-corrected chi connectivity index (χ3v) is 5.64. The first-order chi connectivity index (χ1) is 12.7. The lowest BCUT2D eigenvalue weighted by atomic mass is 10.1. The first-order valence-corrected chi connectivity index (χ1v) is 9.96. The van der Waals surface area contributed by atoms with E-state index in [0.717, 1.165) is 52.8 Å². The summed E-state index contributed by atoms with van der Waals surface area (Å²) in [5, 5.41) is 1.66. The van der Waals surface area contributed by atoms with E-state index in [1.807, 2.05) is 25.1 Å². The molecule has 1 aliphatic heterocycles. The van der Waals surface area contributed by atoms with Gasteiger partial charge in [-0.1, -0.05) is 22.9 Å². The predicted molar refractivity (Wildman–Crippen MR) is 106 cm³/mol. The number of nitrogens with zero attached hydrogens (tertiary/aromatic N) is 3. The zero-order chi connectivity index (χ0) is 17.9. The van der Waals surface area contributed by atoms with E-state index >= 15 is 0 Å². The third-order valence-electron chi connectivity index (χ3n) is 4.35. The third kappa shape index (κ3) is 3.86.